The number of benzene rings is 3. The summed E-state index contributed by atoms with van der Waals surface area (Å²) >= 11 is 1.54. The lowest BCUT2D eigenvalue weighted by Gasteiger charge is -2.13. The van der Waals surface area contributed by atoms with Crippen LogP contribution in [0.1, 0.15) is 16.1 Å². The molecule has 4 rings (SSSR count). The first-order valence-corrected chi connectivity index (χ1v) is 11.0. The van der Waals surface area contributed by atoms with E-state index in [4.69, 9.17) is 19.2 Å². The fourth-order valence-electron chi connectivity index (χ4n) is 3.50. The Morgan fingerprint density at radius 3 is 2.34 bits per heavy atom. The third-order valence-corrected chi connectivity index (χ3v) is 6.08. The molecule has 0 aliphatic carbocycles. The Bertz CT molecular complexity index is 1230. The van der Waals surface area contributed by atoms with Crippen molar-refractivity contribution < 1.29 is 19.0 Å². The molecule has 7 heteroatoms. The first-order valence-electron chi connectivity index (χ1n) is 10.1. The summed E-state index contributed by atoms with van der Waals surface area (Å²) in [4.78, 5) is 17.3. The topological polar surface area (TPSA) is 69.7 Å². The number of ether oxygens (including phenoxy) is 3. The van der Waals surface area contributed by atoms with Gasteiger partial charge < -0.3 is 19.5 Å². The van der Waals surface area contributed by atoms with Crippen molar-refractivity contribution in [1.82, 2.24) is 10.3 Å². The van der Waals surface area contributed by atoms with Crippen LogP contribution in [0.3, 0.4) is 0 Å². The minimum Gasteiger partial charge on any atom is -0.493 e. The van der Waals surface area contributed by atoms with E-state index in [0.717, 1.165) is 27.0 Å². The van der Waals surface area contributed by atoms with Gasteiger partial charge in [-0.05, 0) is 35.0 Å². The summed E-state index contributed by atoms with van der Waals surface area (Å²) in [6, 6.07) is 17.5. The van der Waals surface area contributed by atoms with Gasteiger partial charge in [0.1, 0.15) is 5.01 Å². The Hall–Kier alpha value is -3.58. The quantitative estimate of drug-likeness (QED) is 0.413. The number of nitrogens with zero attached hydrogens (tertiary/aromatic N) is 1. The van der Waals surface area contributed by atoms with E-state index in [1.54, 1.807) is 21.3 Å². The number of nitrogens with one attached hydrogen (secondary N) is 1. The van der Waals surface area contributed by atoms with E-state index in [1.165, 1.54) is 11.3 Å². The zero-order valence-corrected chi connectivity index (χ0v) is 19.0. The molecular formula is C25H24N2O4S. The van der Waals surface area contributed by atoms with Crippen molar-refractivity contribution in [2.45, 2.75) is 6.42 Å². The minimum atomic E-state index is -0.0872. The Balaban J connectivity index is 1.42. The fourth-order valence-corrected chi connectivity index (χ4v) is 4.34. The van der Waals surface area contributed by atoms with Crippen LogP contribution in [0.4, 0.5) is 0 Å². The van der Waals surface area contributed by atoms with Gasteiger partial charge in [-0.1, -0.05) is 30.3 Å². The molecule has 6 nitrogen and oxygen atoms in total. The van der Waals surface area contributed by atoms with E-state index in [0.29, 0.717) is 35.8 Å². The zero-order chi connectivity index (χ0) is 22.5. The monoisotopic (exact) mass is 448 g/mol. The third-order valence-electron chi connectivity index (χ3n) is 5.14. The number of fused-ring (bicyclic) bond motifs is 1. The van der Waals surface area contributed by atoms with Gasteiger partial charge in [0.25, 0.3) is 5.91 Å². The average molecular weight is 449 g/mol. The highest BCUT2D eigenvalue weighted by Crippen LogP contribution is 2.41. The lowest BCUT2D eigenvalue weighted by molar-refractivity contribution is 0.0954. The van der Waals surface area contributed by atoms with Gasteiger partial charge in [0.05, 0.1) is 27.0 Å². The van der Waals surface area contributed by atoms with Crippen LogP contribution in [0.15, 0.2) is 60.0 Å². The molecule has 3 aromatic carbocycles. The summed E-state index contributed by atoms with van der Waals surface area (Å²) in [5, 5.41) is 8.00. The van der Waals surface area contributed by atoms with Crippen LogP contribution < -0.4 is 19.5 Å². The summed E-state index contributed by atoms with van der Waals surface area (Å²) in [7, 11) is 4.76. The van der Waals surface area contributed by atoms with Gasteiger partial charge >= 0.3 is 0 Å². The second-order valence-corrected chi connectivity index (χ2v) is 7.98. The van der Waals surface area contributed by atoms with Crippen LogP contribution in [-0.2, 0) is 6.42 Å². The van der Waals surface area contributed by atoms with E-state index < -0.39 is 0 Å². The van der Waals surface area contributed by atoms with Gasteiger partial charge in [-0.2, -0.15) is 0 Å². The van der Waals surface area contributed by atoms with Gasteiger partial charge in [0.15, 0.2) is 11.5 Å². The van der Waals surface area contributed by atoms with Crippen molar-refractivity contribution in [3.05, 3.63) is 71.2 Å². The number of rotatable bonds is 8. The molecule has 1 amide bonds. The summed E-state index contributed by atoms with van der Waals surface area (Å²) in [6.07, 6.45) is 0.639. The molecule has 0 radical (unpaired) electrons. The first-order chi connectivity index (χ1) is 15.6. The lowest BCUT2D eigenvalue weighted by Crippen LogP contribution is -2.25. The smallest absolute Gasteiger partial charge is 0.251 e. The SMILES string of the molecule is COc1cc(-c2nc(CCNC(=O)c3ccc4ccccc4c3)cs2)cc(OC)c1OC. The van der Waals surface area contributed by atoms with Crippen LogP contribution in [-0.4, -0.2) is 38.8 Å². The van der Waals surface area contributed by atoms with Crippen LogP contribution in [0.2, 0.25) is 0 Å². The van der Waals surface area contributed by atoms with Crippen molar-refractivity contribution in [3.8, 4) is 27.8 Å². The highest BCUT2D eigenvalue weighted by atomic mass is 32.1. The number of amides is 1. The maximum atomic E-state index is 12.5. The predicted molar refractivity (Wildman–Crippen MR) is 127 cm³/mol. The molecule has 0 bridgehead atoms. The van der Waals surface area contributed by atoms with Gasteiger partial charge in [-0.25, -0.2) is 4.98 Å². The molecule has 0 atom stereocenters. The van der Waals surface area contributed by atoms with Crippen molar-refractivity contribution in [3.63, 3.8) is 0 Å². The van der Waals surface area contributed by atoms with Crippen LogP contribution >= 0.6 is 11.3 Å². The number of thiazole rings is 1. The number of carbonyl (C=O) groups excluding carboxylic acids is 1. The summed E-state index contributed by atoms with van der Waals surface area (Å²) in [6.45, 7) is 0.504. The van der Waals surface area contributed by atoms with E-state index in [9.17, 15) is 4.79 Å². The van der Waals surface area contributed by atoms with E-state index >= 15 is 0 Å². The summed E-state index contributed by atoms with van der Waals surface area (Å²) in [5.41, 5.74) is 2.45. The van der Waals surface area contributed by atoms with Crippen molar-refractivity contribution in [1.29, 1.82) is 0 Å². The van der Waals surface area contributed by atoms with Gasteiger partial charge in [0, 0.05) is 29.5 Å². The van der Waals surface area contributed by atoms with Crippen molar-refractivity contribution in [2.75, 3.05) is 27.9 Å². The van der Waals surface area contributed by atoms with E-state index in [-0.39, 0.29) is 5.91 Å². The lowest BCUT2D eigenvalue weighted by atomic mass is 10.1. The zero-order valence-electron chi connectivity index (χ0n) is 18.2. The second-order valence-electron chi connectivity index (χ2n) is 7.13. The van der Waals surface area contributed by atoms with E-state index in [1.807, 2.05) is 60.0 Å². The molecule has 0 spiro atoms. The number of hydrogen-bond donors (Lipinski definition) is 1. The Morgan fingerprint density at radius 2 is 1.66 bits per heavy atom. The number of methoxy groups -OCH3 is 3. The first kappa shape index (κ1) is 21.6. The largest absolute Gasteiger partial charge is 0.493 e. The number of carbonyl (C=O) groups is 1. The van der Waals surface area contributed by atoms with Crippen LogP contribution in [0.5, 0.6) is 17.2 Å². The van der Waals surface area contributed by atoms with Gasteiger partial charge in [-0.3, -0.25) is 4.79 Å². The summed E-state index contributed by atoms with van der Waals surface area (Å²) < 4.78 is 16.2. The molecule has 0 aliphatic heterocycles. The molecule has 0 unspecified atom stereocenters. The number of aromatic nitrogens is 1. The molecule has 1 N–H and O–H groups in total. The van der Waals surface area contributed by atoms with Crippen LogP contribution in [0, 0.1) is 0 Å². The van der Waals surface area contributed by atoms with Crippen molar-refractivity contribution >= 4 is 28.0 Å². The highest BCUT2D eigenvalue weighted by Gasteiger charge is 2.16. The molecule has 1 aromatic heterocycles. The Labute approximate surface area is 190 Å². The minimum absolute atomic E-state index is 0.0872. The molecular weight excluding hydrogens is 424 g/mol. The second kappa shape index (κ2) is 9.70. The average Bonchev–Trinajstić information content (AvgIpc) is 3.31. The van der Waals surface area contributed by atoms with Gasteiger partial charge in [-0.15, -0.1) is 11.3 Å². The molecule has 4 aromatic rings. The molecule has 0 saturated carbocycles. The third kappa shape index (κ3) is 4.53. The predicted octanol–water partition coefficient (Wildman–Crippen LogP) is 4.96. The van der Waals surface area contributed by atoms with Crippen molar-refractivity contribution in [2.24, 2.45) is 0 Å². The normalized spacial score (nSPS) is 10.7. The number of hydrogen-bond acceptors (Lipinski definition) is 6. The van der Waals surface area contributed by atoms with Crippen LogP contribution in [0.25, 0.3) is 21.3 Å². The van der Waals surface area contributed by atoms with E-state index in [2.05, 4.69) is 5.32 Å². The highest BCUT2D eigenvalue weighted by molar-refractivity contribution is 7.13. The standard InChI is InChI=1S/C25H24N2O4S/c1-29-21-13-19(14-22(30-2)23(21)31-3)25-27-20(15-32-25)10-11-26-24(28)18-9-8-16-6-4-5-7-17(16)12-18/h4-9,12-15H,10-11H2,1-3H3,(H,26,28). The fraction of sp³-hybridized carbons (Fsp3) is 0.200. The molecule has 0 fully saturated rings. The molecule has 164 valence electrons. The molecule has 0 aliphatic rings. The maximum absolute atomic E-state index is 12.5. The maximum Gasteiger partial charge on any atom is 0.251 e. The summed E-state index contributed by atoms with van der Waals surface area (Å²) in [5.74, 6) is 1.63. The molecule has 0 saturated heterocycles. The van der Waals surface area contributed by atoms with Gasteiger partial charge in [0.2, 0.25) is 5.75 Å². The Morgan fingerprint density at radius 1 is 0.938 bits per heavy atom. The molecule has 32 heavy (non-hydrogen) atoms. The Kier molecular flexibility index (Phi) is 6.56. The molecule has 1 heterocycles.